The van der Waals surface area contributed by atoms with Crippen molar-refractivity contribution in [1.29, 1.82) is 5.26 Å². The van der Waals surface area contributed by atoms with Crippen molar-refractivity contribution in [3.05, 3.63) is 46.1 Å². The third kappa shape index (κ3) is 3.30. The minimum Gasteiger partial charge on any atom is -0.322 e. The summed E-state index contributed by atoms with van der Waals surface area (Å²) >= 11 is 0.759. The van der Waals surface area contributed by atoms with E-state index >= 15 is 0 Å². The number of hydrogen-bond acceptors (Lipinski definition) is 5. The number of aryl methyl sites for hydroxylation is 1. The number of carbonyl (C=O) groups excluding carboxylic acids is 1. The normalized spacial score (nSPS) is 11.0. The molecule has 1 aromatic heterocycles. The van der Waals surface area contributed by atoms with Crippen LogP contribution in [0.2, 0.25) is 0 Å². The molecule has 0 spiro atoms. The molecule has 2 N–H and O–H groups in total. The van der Waals surface area contributed by atoms with Crippen LogP contribution in [0, 0.1) is 24.1 Å². The quantitative estimate of drug-likeness (QED) is 0.835. The van der Waals surface area contributed by atoms with Gasteiger partial charge in [-0.2, -0.15) is 13.7 Å². The first kappa shape index (κ1) is 16.1. The van der Waals surface area contributed by atoms with Crippen molar-refractivity contribution in [1.82, 2.24) is 0 Å². The van der Waals surface area contributed by atoms with Gasteiger partial charge in [0.25, 0.3) is 5.91 Å². The third-order valence-electron chi connectivity index (χ3n) is 2.74. The fourth-order valence-electron chi connectivity index (χ4n) is 1.69. The van der Waals surface area contributed by atoms with Gasteiger partial charge < -0.3 is 5.32 Å². The minimum atomic E-state index is -4.38. The van der Waals surface area contributed by atoms with E-state index in [1.807, 2.05) is 0 Å². The van der Waals surface area contributed by atoms with E-state index in [4.69, 9.17) is 9.81 Å². The molecular weight excluding hydrogens is 331 g/mol. The molecule has 0 radical (unpaired) electrons. The molecule has 6 nitrogen and oxygen atoms in total. The second kappa shape index (κ2) is 5.84. The average molecular weight is 340 g/mol. The molecule has 114 valence electrons. The zero-order valence-electron chi connectivity index (χ0n) is 11.1. The van der Waals surface area contributed by atoms with E-state index in [2.05, 4.69) is 5.32 Å². The van der Waals surface area contributed by atoms with Gasteiger partial charge in [0, 0.05) is 10.6 Å². The van der Waals surface area contributed by atoms with Gasteiger partial charge in [-0.1, -0.05) is 0 Å². The fourth-order valence-corrected chi connectivity index (χ4v) is 3.50. The van der Waals surface area contributed by atoms with Gasteiger partial charge in [-0.05, 0) is 31.2 Å². The highest BCUT2D eigenvalue weighted by molar-refractivity contribution is 7.88. The molecule has 2 aromatic rings. The number of rotatable bonds is 3. The van der Waals surface area contributed by atoms with E-state index in [1.165, 1.54) is 19.1 Å². The lowest BCUT2D eigenvalue weighted by Gasteiger charge is -2.05. The van der Waals surface area contributed by atoms with Crippen LogP contribution in [0.25, 0.3) is 0 Å². The Morgan fingerprint density at radius 2 is 2.09 bits per heavy atom. The van der Waals surface area contributed by atoms with E-state index in [0.29, 0.717) is 4.88 Å². The van der Waals surface area contributed by atoms with Gasteiger partial charge in [-0.15, -0.1) is 11.3 Å². The molecule has 0 saturated heterocycles. The minimum absolute atomic E-state index is 0.0699. The lowest BCUT2D eigenvalue weighted by molar-refractivity contribution is 0.102. The lowest BCUT2D eigenvalue weighted by Crippen LogP contribution is -2.12. The highest BCUT2D eigenvalue weighted by Gasteiger charge is 2.20. The van der Waals surface area contributed by atoms with Gasteiger partial charge in [0.05, 0.1) is 11.1 Å². The Hall–Kier alpha value is -2.28. The molecule has 0 aliphatic carbocycles. The summed E-state index contributed by atoms with van der Waals surface area (Å²) in [5.41, 5.74) is 0.0425. The van der Waals surface area contributed by atoms with Crippen molar-refractivity contribution in [2.24, 2.45) is 0 Å². The van der Waals surface area contributed by atoms with Gasteiger partial charge in [0.15, 0.2) is 0 Å². The summed E-state index contributed by atoms with van der Waals surface area (Å²) in [6.45, 7) is 1.53. The molecule has 0 unspecified atom stereocenters. The van der Waals surface area contributed by atoms with Crippen molar-refractivity contribution in [3.8, 4) is 6.07 Å². The van der Waals surface area contributed by atoms with Crippen LogP contribution in [0.1, 0.15) is 20.8 Å². The zero-order chi connectivity index (χ0) is 16.5. The Bertz CT molecular complexity index is 897. The number of nitriles is 1. The molecule has 0 atom stereocenters. The highest BCUT2D eigenvalue weighted by atomic mass is 32.3. The Kier molecular flexibility index (Phi) is 4.27. The molecular formula is C13H9FN2O4S2. The molecule has 22 heavy (non-hydrogen) atoms. The molecule has 2 rings (SSSR count). The van der Waals surface area contributed by atoms with Crippen molar-refractivity contribution < 1.29 is 22.2 Å². The Morgan fingerprint density at radius 1 is 1.41 bits per heavy atom. The monoisotopic (exact) mass is 340 g/mol. The van der Waals surface area contributed by atoms with Crippen molar-refractivity contribution in [2.45, 2.75) is 11.1 Å². The largest absolute Gasteiger partial charge is 0.322 e. The van der Waals surface area contributed by atoms with Crippen LogP contribution >= 0.6 is 11.3 Å². The molecule has 0 fully saturated rings. The van der Waals surface area contributed by atoms with E-state index in [1.54, 1.807) is 6.07 Å². The Morgan fingerprint density at radius 3 is 2.64 bits per heavy atom. The van der Waals surface area contributed by atoms with E-state index < -0.39 is 21.8 Å². The summed E-state index contributed by atoms with van der Waals surface area (Å²) in [7, 11) is -4.38. The SMILES string of the molecule is Cc1sc(S(=O)(=O)O)cc1C(=O)Nc1ccc(F)c(C#N)c1. The molecule has 0 saturated carbocycles. The second-order valence-electron chi connectivity index (χ2n) is 4.27. The van der Waals surface area contributed by atoms with Gasteiger partial charge in [0.1, 0.15) is 16.1 Å². The maximum absolute atomic E-state index is 13.2. The molecule has 1 amide bonds. The first-order chi connectivity index (χ1) is 10.2. The molecule has 1 heterocycles. The maximum atomic E-state index is 13.2. The standard InChI is InChI=1S/C13H9FN2O4S2/c1-7-10(5-12(21-7)22(18,19)20)13(17)16-9-2-3-11(14)8(4-9)6-15/h2-5H,1H3,(H,16,17)(H,18,19,20). The molecule has 0 bridgehead atoms. The summed E-state index contributed by atoms with van der Waals surface area (Å²) < 4.78 is 43.9. The van der Waals surface area contributed by atoms with E-state index in [0.717, 1.165) is 23.5 Å². The Balaban J connectivity index is 2.31. The number of nitrogens with zero attached hydrogens (tertiary/aromatic N) is 1. The number of amides is 1. The average Bonchev–Trinajstić information content (AvgIpc) is 2.83. The molecule has 0 aliphatic rings. The molecule has 1 aromatic carbocycles. The number of thiophene rings is 1. The predicted molar refractivity (Wildman–Crippen MR) is 77.9 cm³/mol. The van der Waals surface area contributed by atoms with Crippen LogP contribution in [-0.4, -0.2) is 18.9 Å². The van der Waals surface area contributed by atoms with Gasteiger partial charge in [-0.25, -0.2) is 4.39 Å². The van der Waals surface area contributed by atoms with Gasteiger partial charge in [0.2, 0.25) is 0 Å². The number of hydrogen-bond donors (Lipinski definition) is 2. The number of nitrogens with one attached hydrogen (secondary N) is 1. The van der Waals surface area contributed by atoms with Gasteiger partial charge >= 0.3 is 10.1 Å². The van der Waals surface area contributed by atoms with E-state index in [9.17, 15) is 17.6 Å². The van der Waals surface area contributed by atoms with Crippen molar-refractivity contribution in [3.63, 3.8) is 0 Å². The van der Waals surface area contributed by atoms with Crippen molar-refractivity contribution in [2.75, 3.05) is 5.32 Å². The fraction of sp³-hybridized carbons (Fsp3) is 0.0769. The first-order valence-corrected chi connectivity index (χ1v) is 8.07. The second-order valence-corrected chi connectivity index (χ2v) is 7.18. The van der Waals surface area contributed by atoms with Crippen LogP contribution in [-0.2, 0) is 10.1 Å². The van der Waals surface area contributed by atoms with Crippen LogP contribution in [0.5, 0.6) is 0 Å². The molecule has 9 heteroatoms. The smallest absolute Gasteiger partial charge is 0.304 e. The topological polar surface area (TPSA) is 107 Å². The first-order valence-electron chi connectivity index (χ1n) is 5.81. The number of anilines is 1. The molecule has 0 aliphatic heterocycles. The summed E-state index contributed by atoms with van der Waals surface area (Å²) in [6, 6.07) is 6.18. The summed E-state index contributed by atoms with van der Waals surface area (Å²) in [4.78, 5) is 12.5. The van der Waals surface area contributed by atoms with Gasteiger partial charge in [-0.3, -0.25) is 9.35 Å². The lowest BCUT2D eigenvalue weighted by atomic mass is 10.2. The zero-order valence-corrected chi connectivity index (χ0v) is 12.8. The van der Waals surface area contributed by atoms with Crippen LogP contribution in [0.15, 0.2) is 28.5 Å². The van der Waals surface area contributed by atoms with Crippen LogP contribution in [0.3, 0.4) is 0 Å². The number of benzene rings is 1. The summed E-state index contributed by atoms with van der Waals surface area (Å²) in [5, 5.41) is 11.2. The van der Waals surface area contributed by atoms with Crippen LogP contribution < -0.4 is 5.32 Å². The summed E-state index contributed by atoms with van der Waals surface area (Å²) in [6.07, 6.45) is 0. The predicted octanol–water partition coefficient (Wildman–Crippen LogP) is 2.57. The maximum Gasteiger partial charge on any atom is 0.304 e. The van der Waals surface area contributed by atoms with Crippen LogP contribution in [0.4, 0.5) is 10.1 Å². The number of carbonyl (C=O) groups is 1. The number of halogens is 1. The Labute approximate surface area is 129 Å². The highest BCUT2D eigenvalue weighted by Crippen LogP contribution is 2.26. The van der Waals surface area contributed by atoms with E-state index in [-0.39, 0.29) is 21.0 Å². The third-order valence-corrected chi connectivity index (χ3v) is 5.09. The van der Waals surface area contributed by atoms with Crippen molar-refractivity contribution >= 4 is 33.0 Å². The summed E-state index contributed by atoms with van der Waals surface area (Å²) in [5.74, 6) is -1.33.